The van der Waals surface area contributed by atoms with E-state index in [0.717, 1.165) is 11.9 Å². The van der Waals surface area contributed by atoms with Gasteiger partial charge in [-0.05, 0) is 30.7 Å². The Hall–Kier alpha value is -2.43. The van der Waals surface area contributed by atoms with E-state index in [2.05, 4.69) is 4.98 Å². The van der Waals surface area contributed by atoms with Gasteiger partial charge in [-0.1, -0.05) is 25.1 Å². The molecule has 0 amide bonds. The van der Waals surface area contributed by atoms with E-state index in [4.69, 9.17) is 5.11 Å². The maximum absolute atomic E-state index is 13.0. The van der Waals surface area contributed by atoms with Crippen LogP contribution in [0.25, 0.3) is 0 Å². The molecule has 1 atom stereocenters. The number of hydrogen-bond acceptors (Lipinski definition) is 3. The number of benzene rings is 1. The van der Waals surface area contributed by atoms with Gasteiger partial charge >= 0.3 is 5.97 Å². The van der Waals surface area contributed by atoms with Gasteiger partial charge in [0.25, 0.3) is 0 Å². The molecule has 2 rings (SSSR count). The van der Waals surface area contributed by atoms with Crippen molar-refractivity contribution in [1.29, 1.82) is 0 Å². The molecule has 0 aliphatic heterocycles. The molecule has 110 valence electrons. The van der Waals surface area contributed by atoms with E-state index in [9.17, 15) is 9.18 Å². The van der Waals surface area contributed by atoms with Crippen molar-refractivity contribution in [1.82, 2.24) is 4.98 Å². The largest absolute Gasteiger partial charge is 0.480 e. The Bertz CT molecular complexity index is 587. The third kappa shape index (κ3) is 3.78. The fourth-order valence-corrected chi connectivity index (χ4v) is 2.32. The zero-order valence-electron chi connectivity index (χ0n) is 11.7. The van der Waals surface area contributed by atoms with Crippen LogP contribution in [0.4, 0.5) is 10.1 Å². The van der Waals surface area contributed by atoms with Gasteiger partial charge in [0.05, 0.1) is 17.9 Å². The van der Waals surface area contributed by atoms with Gasteiger partial charge in [-0.15, -0.1) is 0 Å². The van der Waals surface area contributed by atoms with Crippen molar-refractivity contribution in [2.24, 2.45) is 0 Å². The first-order chi connectivity index (χ1) is 10.1. The average Bonchev–Trinajstić information content (AvgIpc) is 2.49. The Morgan fingerprint density at radius 2 is 2.00 bits per heavy atom. The van der Waals surface area contributed by atoms with E-state index in [1.54, 1.807) is 11.0 Å². The van der Waals surface area contributed by atoms with E-state index < -0.39 is 11.8 Å². The van der Waals surface area contributed by atoms with Crippen molar-refractivity contribution in [3.8, 4) is 0 Å². The summed E-state index contributed by atoms with van der Waals surface area (Å²) >= 11 is 0. The average molecular weight is 288 g/mol. The molecule has 0 aliphatic rings. The van der Waals surface area contributed by atoms with Crippen molar-refractivity contribution in [3.05, 3.63) is 60.2 Å². The number of pyridine rings is 1. The molecule has 0 radical (unpaired) electrons. The molecule has 0 fully saturated rings. The van der Waals surface area contributed by atoms with Crippen LogP contribution in [0.3, 0.4) is 0 Å². The number of halogens is 1. The van der Waals surface area contributed by atoms with Crippen LogP contribution in [0.5, 0.6) is 0 Å². The minimum absolute atomic E-state index is 0.137. The molecule has 1 N–H and O–H groups in total. The van der Waals surface area contributed by atoms with Gasteiger partial charge in [-0.25, -0.2) is 4.39 Å². The monoisotopic (exact) mass is 288 g/mol. The summed E-state index contributed by atoms with van der Waals surface area (Å²) in [6, 6.07) is 12.0. The van der Waals surface area contributed by atoms with Crippen LogP contribution in [0.1, 0.15) is 25.1 Å². The Morgan fingerprint density at radius 3 is 2.52 bits per heavy atom. The van der Waals surface area contributed by atoms with E-state index in [1.165, 1.54) is 6.07 Å². The lowest BCUT2D eigenvalue weighted by Gasteiger charge is -2.31. The predicted octanol–water partition coefficient (Wildman–Crippen LogP) is 3.26. The molecule has 0 saturated carbocycles. The van der Waals surface area contributed by atoms with Gasteiger partial charge in [-0.3, -0.25) is 9.78 Å². The lowest BCUT2D eigenvalue weighted by molar-refractivity contribution is -0.135. The topological polar surface area (TPSA) is 53.4 Å². The van der Waals surface area contributed by atoms with Crippen molar-refractivity contribution >= 4 is 11.7 Å². The summed E-state index contributed by atoms with van der Waals surface area (Å²) in [5.74, 6) is -1.32. The van der Waals surface area contributed by atoms with Gasteiger partial charge in [0.1, 0.15) is 12.4 Å². The normalized spacial score (nSPS) is 11.9. The highest BCUT2D eigenvalue weighted by molar-refractivity contribution is 5.74. The van der Waals surface area contributed by atoms with Crippen LogP contribution in [-0.2, 0) is 4.79 Å². The number of aliphatic carboxylic acids is 1. The summed E-state index contributed by atoms with van der Waals surface area (Å²) in [4.78, 5) is 17.0. The van der Waals surface area contributed by atoms with Gasteiger partial charge < -0.3 is 10.0 Å². The first-order valence-electron chi connectivity index (χ1n) is 6.76. The van der Waals surface area contributed by atoms with Crippen molar-refractivity contribution in [2.75, 3.05) is 11.4 Å². The Morgan fingerprint density at radius 1 is 1.29 bits per heavy atom. The number of anilines is 1. The molecule has 0 aliphatic carbocycles. The lowest BCUT2D eigenvalue weighted by Crippen LogP contribution is -2.34. The second-order valence-electron chi connectivity index (χ2n) is 4.68. The highest BCUT2D eigenvalue weighted by atomic mass is 19.1. The Labute approximate surface area is 122 Å². The van der Waals surface area contributed by atoms with E-state index in [1.807, 2.05) is 37.3 Å². The molecule has 1 aromatic carbocycles. The predicted molar refractivity (Wildman–Crippen MR) is 78.7 cm³/mol. The summed E-state index contributed by atoms with van der Waals surface area (Å²) in [5.41, 5.74) is 1.46. The summed E-state index contributed by atoms with van der Waals surface area (Å²) in [6.07, 6.45) is 1.82. The molecule has 4 nitrogen and oxygen atoms in total. The number of carboxylic acid groups (broad SMARTS) is 1. The van der Waals surface area contributed by atoms with E-state index in [-0.39, 0.29) is 12.6 Å². The molecule has 5 heteroatoms. The molecule has 0 spiro atoms. The fraction of sp³-hybridized carbons (Fsp3) is 0.250. The smallest absolute Gasteiger partial charge is 0.323 e. The second kappa shape index (κ2) is 6.83. The molecule has 1 aromatic heterocycles. The van der Waals surface area contributed by atoms with Crippen molar-refractivity contribution in [3.63, 3.8) is 0 Å². The summed E-state index contributed by atoms with van der Waals surface area (Å²) in [5, 5.41) is 9.16. The Kier molecular flexibility index (Phi) is 4.87. The zero-order valence-corrected chi connectivity index (χ0v) is 11.7. The van der Waals surface area contributed by atoms with Crippen LogP contribution >= 0.6 is 0 Å². The number of para-hydroxylation sites is 1. The number of carbonyl (C=O) groups is 1. The fourth-order valence-electron chi connectivity index (χ4n) is 2.32. The summed E-state index contributed by atoms with van der Waals surface area (Å²) in [6.45, 7) is 1.81. The third-order valence-corrected chi connectivity index (χ3v) is 3.25. The van der Waals surface area contributed by atoms with Crippen molar-refractivity contribution in [2.45, 2.75) is 19.4 Å². The first-order valence-corrected chi connectivity index (χ1v) is 6.76. The van der Waals surface area contributed by atoms with Crippen LogP contribution in [-0.4, -0.2) is 22.6 Å². The molecular weight excluding hydrogens is 271 g/mol. The number of carboxylic acids is 1. The Balaban J connectivity index is 2.37. The maximum Gasteiger partial charge on any atom is 0.323 e. The summed E-state index contributed by atoms with van der Waals surface area (Å²) in [7, 11) is 0. The maximum atomic E-state index is 13.0. The second-order valence-corrected chi connectivity index (χ2v) is 4.68. The third-order valence-electron chi connectivity index (χ3n) is 3.25. The molecule has 0 bridgehead atoms. The van der Waals surface area contributed by atoms with Crippen LogP contribution in [0, 0.1) is 5.82 Å². The highest BCUT2D eigenvalue weighted by Crippen LogP contribution is 2.28. The first kappa shape index (κ1) is 15.0. The lowest BCUT2D eigenvalue weighted by atomic mass is 10.1. The molecule has 2 aromatic rings. The number of rotatable bonds is 6. The standard InChI is InChI=1S/C16H17FN2O2/c1-2-15(14-9-8-12(17)10-18-14)19(11-16(20)21)13-6-4-3-5-7-13/h3-10,15H,2,11H2,1H3,(H,20,21). The number of aromatic nitrogens is 1. The molecular formula is C16H17FN2O2. The van der Waals surface area contributed by atoms with Gasteiger partial charge in [0.15, 0.2) is 0 Å². The van der Waals surface area contributed by atoms with Gasteiger partial charge in [-0.2, -0.15) is 0 Å². The molecule has 1 heterocycles. The minimum Gasteiger partial charge on any atom is -0.480 e. The van der Waals surface area contributed by atoms with E-state index >= 15 is 0 Å². The number of nitrogens with zero attached hydrogens (tertiary/aromatic N) is 2. The number of hydrogen-bond donors (Lipinski definition) is 1. The minimum atomic E-state index is -0.917. The molecule has 1 unspecified atom stereocenters. The quantitative estimate of drug-likeness (QED) is 0.886. The van der Waals surface area contributed by atoms with Crippen LogP contribution < -0.4 is 4.90 Å². The van der Waals surface area contributed by atoms with Crippen LogP contribution in [0.2, 0.25) is 0 Å². The SMILES string of the molecule is CCC(c1ccc(F)cn1)N(CC(=O)O)c1ccccc1. The zero-order chi connectivity index (χ0) is 15.2. The van der Waals surface area contributed by atoms with E-state index in [0.29, 0.717) is 12.1 Å². The van der Waals surface area contributed by atoms with Crippen LogP contribution in [0.15, 0.2) is 48.7 Å². The van der Waals surface area contributed by atoms with Gasteiger partial charge in [0, 0.05) is 5.69 Å². The van der Waals surface area contributed by atoms with Crippen molar-refractivity contribution < 1.29 is 14.3 Å². The molecule has 21 heavy (non-hydrogen) atoms. The highest BCUT2D eigenvalue weighted by Gasteiger charge is 2.22. The molecule has 0 saturated heterocycles. The van der Waals surface area contributed by atoms with Gasteiger partial charge in [0.2, 0.25) is 0 Å². The summed E-state index contributed by atoms with van der Waals surface area (Å²) < 4.78 is 13.0.